The first-order valence-electron chi connectivity index (χ1n) is 7.32. The summed E-state index contributed by atoms with van der Waals surface area (Å²) in [5, 5.41) is 1.05. The fraction of sp³-hybridized carbons (Fsp3) is 0.368. The van der Waals surface area contributed by atoms with E-state index in [2.05, 4.69) is 79.2 Å². The van der Waals surface area contributed by atoms with Crippen molar-refractivity contribution < 1.29 is 0 Å². The van der Waals surface area contributed by atoms with Gasteiger partial charge in [0.05, 0.1) is 0 Å². The lowest BCUT2D eigenvalue weighted by Gasteiger charge is -2.20. The lowest BCUT2D eigenvalue weighted by Crippen LogP contribution is -2.11. The van der Waals surface area contributed by atoms with Crippen molar-refractivity contribution in [2.45, 2.75) is 38.5 Å². The van der Waals surface area contributed by atoms with E-state index < -0.39 is 0 Å². The summed E-state index contributed by atoms with van der Waals surface area (Å²) in [7, 11) is 0. The molecule has 1 heteroatoms. The zero-order valence-electron chi connectivity index (χ0n) is 12.4. The van der Waals surface area contributed by atoms with Gasteiger partial charge in [-0.05, 0) is 39.7 Å². The van der Waals surface area contributed by atoms with Gasteiger partial charge in [0.25, 0.3) is 0 Å². The van der Waals surface area contributed by atoms with Crippen molar-refractivity contribution in [2.24, 2.45) is 0 Å². The Morgan fingerprint density at radius 3 is 2.35 bits per heavy atom. The highest BCUT2D eigenvalue weighted by atomic mass is 79.9. The molecule has 0 fully saturated rings. The van der Waals surface area contributed by atoms with E-state index in [0.29, 0.717) is 5.92 Å². The van der Waals surface area contributed by atoms with Crippen LogP contribution in [0.15, 0.2) is 42.5 Å². The molecular formula is C19H21Br. The second-order valence-electron chi connectivity index (χ2n) is 6.67. The fourth-order valence-electron chi connectivity index (χ4n) is 3.19. The molecule has 0 bridgehead atoms. The summed E-state index contributed by atoms with van der Waals surface area (Å²) >= 11 is 3.61. The average Bonchev–Trinajstić information content (AvgIpc) is 2.73. The molecule has 0 amide bonds. The van der Waals surface area contributed by atoms with Gasteiger partial charge in [0.2, 0.25) is 0 Å². The highest BCUT2D eigenvalue weighted by Crippen LogP contribution is 2.47. The van der Waals surface area contributed by atoms with E-state index in [0.717, 1.165) is 5.33 Å². The predicted octanol–water partition coefficient (Wildman–Crippen LogP) is 5.88. The number of hydrogen-bond donors (Lipinski definition) is 0. The molecule has 3 rings (SSSR count). The Balaban J connectivity index is 2.18. The van der Waals surface area contributed by atoms with Gasteiger partial charge in [0.1, 0.15) is 0 Å². The number of halogens is 1. The summed E-state index contributed by atoms with van der Waals surface area (Å²) < 4.78 is 0. The Labute approximate surface area is 130 Å². The topological polar surface area (TPSA) is 0 Å². The summed E-state index contributed by atoms with van der Waals surface area (Å²) in [5.41, 5.74) is 7.49. The van der Waals surface area contributed by atoms with Crippen molar-refractivity contribution in [2.75, 3.05) is 5.33 Å². The lowest BCUT2D eigenvalue weighted by atomic mass is 9.84. The quantitative estimate of drug-likeness (QED) is 0.603. The minimum Gasteiger partial charge on any atom is -0.0928 e. The molecule has 0 saturated carbocycles. The van der Waals surface area contributed by atoms with E-state index in [4.69, 9.17) is 0 Å². The molecule has 0 saturated heterocycles. The van der Waals surface area contributed by atoms with Crippen LogP contribution in [0.4, 0.5) is 0 Å². The monoisotopic (exact) mass is 328 g/mol. The first-order valence-corrected chi connectivity index (χ1v) is 8.44. The van der Waals surface area contributed by atoms with Gasteiger partial charge in [0.15, 0.2) is 0 Å². The minimum atomic E-state index is 0.206. The first-order chi connectivity index (χ1) is 9.52. The fourth-order valence-corrected chi connectivity index (χ4v) is 3.65. The van der Waals surface area contributed by atoms with Gasteiger partial charge in [-0.15, -0.1) is 0 Å². The Bertz CT molecular complexity index is 634. The molecule has 1 aliphatic carbocycles. The van der Waals surface area contributed by atoms with Gasteiger partial charge >= 0.3 is 0 Å². The third-order valence-electron chi connectivity index (χ3n) is 4.32. The number of alkyl halides is 1. The first kappa shape index (κ1) is 13.9. The Kier molecular flexibility index (Phi) is 3.50. The number of fused-ring (bicyclic) bond motifs is 3. The van der Waals surface area contributed by atoms with E-state index >= 15 is 0 Å². The van der Waals surface area contributed by atoms with Crippen LogP contribution >= 0.6 is 15.9 Å². The molecule has 0 nitrogen and oxygen atoms in total. The van der Waals surface area contributed by atoms with Gasteiger partial charge in [0, 0.05) is 11.2 Å². The second-order valence-corrected chi connectivity index (χ2v) is 7.46. The molecule has 20 heavy (non-hydrogen) atoms. The normalized spacial score (nSPS) is 16.9. The zero-order chi connectivity index (χ0) is 14.3. The van der Waals surface area contributed by atoms with Gasteiger partial charge in [-0.2, -0.15) is 0 Å². The highest BCUT2D eigenvalue weighted by Gasteiger charge is 2.28. The van der Waals surface area contributed by atoms with E-state index in [-0.39, 0.29) is 5.41 Å². The van der Waals surface area contributed by atoms with E-state index in [1.165, 1.54) is 34.2 Å². The van der Waals surface area contributed by atoms with Crippen molar-refractivity contribution in [3.63, 3.8) is 0 Å². The van der Waals surface area contributed by atoms with Crippen molar-refractivity contribution in [3.05, 3.63) is 59.2 Å². The molecule has 0 N–H and O–H groups in total. The number of hydrogen-bond acceptors (Lipinski definition) is 0. The molecule has 104 valence electrons. The Morgan fingerprint density at radius 2 is 1.65 bits per heavy atom. The summed E-state index contributed by atoms with van der Waals surface area (Å²) in [6.07, 6.45) is 1.17. The number of rotatable bonds is 2. The molecule has 1 aliphatic rings. The predicted molar refractivity (Wildman–Crippen MR) is 90.8 cm³/mol. The van der Waals surface area contributed by atoms with Crippen molar-refractivity contribution in [1.29, 1.82) is 0 Å². The Morgan fingerprint density at radius 1 is 0.950 bits per heavy atom. The molecule has 1 atom stereocenters. The largest absolute Gasteiger partial charge is 0.0928 e. The molecule has 2 aromatic carbocycles. The summed E-state index contributed by atoms with van der Waals surface area (Å²) in [6.45, 7) is 6.85. The van der Waals surface area contributed by atoms with E-state index in [1.54, 1.807) is 0 Å². The Hall–Kier alpha value is -1.08. The zero-order valence-corrected chi connectivity index (χ0v) is 14.0. The molecule has 0 radical (unpaired) electrons. The van der Waals surface area contributed by atoms with Crippen LogP contribution in [0.3, 0.4) is 0 Å². The maximum absolute atomic E-state index is 3.61. The smallest absolute Gasteiger partial charge is 0.0110 e. The van der Waals surface area contributed by atoms with E-state index in [9.17, 15) is 0 Å². The summed E-state index contributed by atoms with van der Waals surface area (Å²) in [5.74, 6) is 0.551. The molecule has 2 aromatic rings. The maximum atomic E-state index is 3.61. The molecule has 0 heterocycles. The highest BCUT2D eigenvalue weighted by molar-refractivity contribution is 9.09. The van der Waals surface area contributed by atoms with Gasteiger partial charge in [-0.1, -0.05) is 79.2 Å². The number of benzene rings is 2. The van der Waals surface area contributed by atoms with Crippen LogP contribution in [0.25, 0.3) is 11.1 Å². The summed E-state index contributed by atoms with van der Waals surface area (Å²) in [4.78, 5) is 0. The second kappa shape index (κ2) is 5.04. The third kappa shape index (κ3) is 2.22. The molecule has 1 unspecified atom stereocenters. The van der Waals surface area contributed by atoms with Crippen molar-refractivity contribution in [1.82, 2.24) is 0 Å². The lowest BCUT2D eigenvalue weighted by molar-refractivity contribution is 0.590. The van der Waals surface area contributed by atoms with Crippen LogP contribution in [0.1, 0.15) is 49.8 Å². The van der Waals surface area contributed by atoms with Crippen molar-refractivity contribution >= 4 is 15.9 Å². The van der Waals surface area contributed by atoms with Crippen LogP contribution in [0.5, 0.6) is 0 Å². The third-order valence-corrected chi connectivity index (χ3v) is 4.78. The van der Waals surface area contributed by atoms with Gasteiger partial charge in [-0.25, -0.2) is 0 Å². The van der Waals surface area contributed by atoms with Crippen LogP contribution < -0.4 is 0 Å². The molecule has 0 aliphatic heterocycles. The SMILES string of the molecule is CC(C)(C)c1ccc2c(c1)-c1ccccc1C2CCBr. The van der Waals surface area contributed by atoms with Gasteiger partial charge < -0.3 is 0 Å². The van der Waals surface area contributed by atoms with Crippen molar-refractivity contribution in [3.8, 4) is 11.1 Å². The van der Waals surface area contributed by atoms with Crippen LogP contribution in [-0.2, 0) is 5.41 Å². The van der Waals surface area contributed by atoms with Gasteiger partial charge in [-0.3, -0.25) is 0 Å². The van der Waals surface area contributed by atoms with Crippen LogP contribution in [0.2, 0.25) is 0 Å². The average molecular weight is 329 g/mol. The maximum Gasteiger partial charge on any atom is 0.0110 e. The minimum absolute atomic E-state index is 0.206. The van der Waals surface area contributed by atoms with E-state index in [1.807, 2.05) is 0 Å². The van der Waals surface area contributed by atoms with Crippen LogP contribution in [-0.4, -0.2) is 5.33 Å². The standard InChI is InChI=1S/C19H21Br/c1-19(2,3)13-8-9-16-17(10-11-20)14-6-4-5-7-15(14)18(16)12-13/h4-9,12,17H,10-11H2,1-3H3. The molecular weight excluding hydrogens is 308 g/mol. The van der Waals surface area contributed by atoms with Crippen LogP contribution in [0, 0.1) is 0 Å². The molecule has 0 aromatic heterocycles. The summed E-state index contributed by atoms with van der Waals surface area (Å²) in [6, 6.07) is 15.9. The molecule has 0 spiro atoms.